The molecule has 19 heavy (non-hydrogen) atoms. The smallest absolute Gasteiger partial charge is 0.321 e. The minimum atomic E-state index is -0.430. The van der Waals surface area contributed by atoms with Crippen LogP contribution in [0.2, 0.25) is 0 Å². The molecule has 0 bridgehead atoms. The molecular formula is C13H24N4O2. The summed E-state index contributed by atoms with van der Waals surface area (Å²) in [6.07, 6.45) is 5.35. The average molecular weight is 268 g/mol. The normalized spacial score (nSPS) is 22.5. The third kappa shape index (κ3) is 4.80. The number of carbonyl (C=O) groups excluding carboxylic acids is 2. The average Bonchev–Trinajstić information content (AvgIpc) is 3.12. The maximum atomic E-state index is 11.6. The number of nitrogens with zero attached hydrogens (tertiary/aromatic N) is 1. The van der Waals surface area contributed by atoms with Crippen molar-refractivity contribution >= 4 is 11.9 Å². The summed E-state index contributed by atoms with van der Waals surface area (Å²) in [5.41, 5.74) is 0. The van der Waals surface area contributed by atoms with E-state index in [4.69, 9.17) is 0 Å². The maximum Gasteiger partial charge on any atom is 0.321 e. The molecule has 6 nitrogen and oxygen atoms in total. The molecule has 2 fully saturated rings. The van der Waals surface area contributed by atoms with Crippen LogP contribution in [0.15, 0.2) is 0 Å². The fourth-order valence-electron chi connectivity index (χ4n) is 2.56. The third-order valence-electron chi connectivity index (χ3n) is 3.79. The number of rotatable bonds is 6. The molecule has 108 valence electrons. The van der Waals surface area contributed by atoms with Gasteiger partial charge in [-0.05, 0) is 32.2 Å². The summed E-state index contributed by atoms with van der Waals surface area (Å²) in [4.78, 5) is 25.0. The number of carbonyl (C=O) groups is 2. The van der Waals surface area contributed by atoms with Gasteiger partial charge in [0.2, 0.25) is 5.91 Å². The van der Waals surface area contributed by atoms with Gasteiger partial charge in [-0.3, -0.25) is 15.0 Å². The Hall–Kier alpha value is -1.14. The highest BCUT2D eigenvalue weighted by Gasteiger charge is 2.31. The lowest BCUT2D eigenvalue weighted by molar-refractivity contribution is -0.120. The molecule has 0 spiro atoms. The topological polar surface area (TPSA) is 73.5 Å². The van der Waals surface area contributed by atoms with E-state index in [-0.39, 0.29) is 5.91 Å². The van der Waals surface area contributed by atoms with E-state index in [2.05, 4.69) is 20.9 Å². The molecule has 1 unspecified atom stereocenters. The van der Waals surface area contributed by atoms with Crippen LogP contribution in [0.3, 0.4) is 0 Å². The Labute approximate surface area is 114 Å². The molecule has 3 amide bonds. The zero-order valence-electron chi connectivity index (χ0n) is 11.6. The lowest BCUT2D eigenvalue weighted by Crippen LogP contribution is -2.42. The van der Waals surface area contributed by atoms with Crippen molar-refractivity contribution in [2.75, 3.05) is 26.7 Å². The number of amides is 3. The standard InChI is InChI=1S/C13H24N4O2/c1-14-13(19)16-12(18)6-8-17(11-4-5-11)9-10-3-2-7-15-10/h10-11,15H,2-9H2,1H3,(H2,14,16,18,19). The molecule has 6 heteroatoms. The van der Waals surface area contributed by atoms with Crippen LogP contribution in [0.1, 0.15) is 32.1 Å². The minimum Gasteiger partial charge on any atom is -0.341 e. The van der Waals surface area contributed by atoms with Crippen molar-refractivity contribution in [3.05, 3.63) is 0 Å². The molecule has 0 aromatic heterocycles. The van der Waals surface area contributed by atoms with Crippen LogP contribution in [0.5, 0.6) is 0 Å². The zero-order valence-corrected chi connectivity index (χ0v) is 11.6. The fraction of sp³-hybridized carbons (Fsp3) is 0.846. The van der Waals surface area contributed by atoms with Crippen molar-refractivity contribution in [1.29, 1.82) is 0 Å². The third-order valence-corrected chi connectivity index (χ3v) is 3.79. The van der Waals surface area contributed by atoms with Crippen molar-refractivity contribution in [3.8, 4) is 0 Å². The Morgan fingerprint density at radius 1 is 1.32 bits per heavy atom. The first-order valence-corrected chi connectivity index (χ1v) is 7.18. The molecule has 1 heterocycles. The Balaban J connectivity index is 1.70. The van der Waals surface area contributed by atoms with Crippen LogP contribution in [0, 0.1) is 0 Å². The molecule has 0 radical (unpaired) electrons. The summed E-state index contributed by atoms with van der Waals surface area (Å²) in [6.45, 7) is 2.88. The van der Waals surface area contributed by atoms with Gasteiger partial charge in [0.1, 0.15) is 0 Å². The van der Waals surface area contributed by atoms with Gasteiger partial charge >= 0.3 is 6.03 Å². The first kappa shape index (κ1) is 14.3. The Morgan fingerprint density at radius 3 is 2.68 bits per heavy atom. The Bertz CT molecular complexity index is 325. The van der Waals surface area contributed by atoms with Gasteiger partial charge in [-0.2, -0.15) is 0 Å². The first-order valence-electron chi connectivity index (χ1n) is 7.18. The van der Waals surface area contributed by atoms with E-state index in [1.165, 1.54) is 32.7 Å². The highest BCUT2D eigenvalue weighted by molar-refractivity contribution is 5.94. The molecule has 0 aromatic carbocycles. The van der Waals surface area contributed by atoms with Crippen LogP contribution in [-0.4, -0.2) is 55.6 Å². The monoisotopic (exact) mass is 268 g/mol. The van der Waals surface area contributed by atoms with E-state index in [0.717, 1.165) is 19.6 Å². The molecule has 0 aromatic rings. The van der Waals surface area contributed by atoms with E-state index < -0.39 is 6.03 Å². The van der Waals surface area contributed by atoms with E-state index >= 15 is 0 Å². The lowest BCUT2D eigenvalue weighted by atomic mass is 10.2. The molecular weight excluding hydrogens is 244 g/mol. The van der Waals surface area contributed by atoms with Gasteiger partial charge in [-0.25, -0.2) is 4.79 Å². The molecule has 1 saturated carbocycles. The molecule has 2 rings (SSSR count). The highest BCUT2D eigenvalue weighted by atomic mass is 16.2. The van der Waals surface area contributed by atoms with Crippen LogP contribution in [-0.2, 0) is 4.79 Å². The van der Waals surface area contributed by atoms with Crippen LogP contribution in [0.4, 0.5) is 4.79 Å². The molecule has 2 aliphatic rings. The molecule has 1 saturated heterocycles. The summed E-state index contributed by atoms with van der Waals surface area (Å²) >= 11 is 0. The van der Waals surface area contributed by atoms with Gasteiger partial charge in [-0.15, -0.1) is 0 Å². The second-order valence-corrected chi connectivity index (χ2v) is 5.40. The first-order chi connectivity index (χ1) is 9.19. The van der Waals surface area contributed by atoms with Crippen molar-refractivity contribution in [2.45, 2.75) is 44.2 Å². The van der Waals surface area contributed by atoms with Crippen molar-refractivity contribution < 1.29 is 9.59 Å². The van der Waals surface area contributed by atoms with E-state index in [9.17, 15) is 9.59 Å². The van der Waals surface area contributed by atoms with Gasteiger partial charge in [0.25, 0.3) is 0 Å². The quantitative estimate of drug-likeness (QED) is 0.636. The van der Waals surface area contributed by atoms with Gasteiger partial charge in [0, 0.05) is 38.6 Å². The van der Waals surface area contributed by atoms with Gasteiger partial charge < -0.3 is 10.6 Å². The van der Waals surface area contributed by atoms with Gasteiger partial charge in [0.15, 0.2) is 0 Å². The summed E-state index contributed by atoms with van der Waals surface area (Å²) in [7, 11) is 1.50. The number of nitrogens with one attached hydrogen (secondary N) is 3. The number of hydrogen-bond donors (Lipinski definition) is 3. The Morgan fingerprint density at radius 2 is 2.11 bits per heavy atom. The Kier molecular flexibility index (Phi) is 5.15. The van der Waals surface area contributed by atoms with E-state index in [0.29, 0.717) is 18.5 Å². The second-order valence-electron chi connectivity index (χ2n) is 5.40. The molecule has 1 atom stereocenters. The zero-order chi connectivity index (χ0) is 13.7. The van der Waals surface area contributed by atoms with E-state index in [1.54, 1.807) is 0 Å². The van der Waals surface area contributed by atoms with Crippen molar-refractivity contribution in [3.63, 3.8) is 0 Å². The lowest BCUT2D eigenvalue weighted by Gasteiger charge is -2.25. The number of imide groups is 1. The SMILES string of the molecule is CNC(=O)NC(=O)CCN(CC1CCCN1)C1CC1. The predicted molar refractivity (Wildman–Crippen MR) is 72.8 cm³/mol. The number of urea groups is 1. The van der Waals surface area contributed by atoms with Crippen LogP contribution < -0.4 is 16.0 Å². The van der Waals surface area contributed by atoms with Gasteiger partial charge in [0.05, 0.1) is 0 Å². The predicted octanol–water partition coefficient (Wildman–Crippen LogP) is 0.0485. The molecule has 1 aliphatic carbocycles. The minimum absolute atomic E-state index is 0.204. The second kappa shape index (κ2) is 6.86. The largest absolute Gasteiger partial charge is 0.341 e. The number of hydrogen-bond acceptors (Lipinski definition) is 4. The summed E-state index contributed by atoms with van der Waals surface area (Å²) in [6, 6.07) is 0.790. The molecule has 1 aliphatic heterocycles. The van der Waals surface area contributed by atoms with Crippen LogP contribution in [0.25, 0.3) is 0 Å². The highest BCUT2D eigenvalue weighted by Crippen LogP contribution is 2.27. The van der Waals surface area contributed by atoms with Crippen molar-refractivity contribution in [1.82, 2.24) is 20.9 Å². The summed E-state index contributed by atoms with van der Waals surface area (Å²) in [5, 5.41) is 8.18. The van der Waals surface area contributed by atoms with E-state index in [1.807, 2.05) is 0 Å². The molecule has 3 N–H and O–H groups in total. The summed E-state index contributed by atoms with van der Waals surface area (Å²) < 4.78 is 0. The summed E-state index contributed by atoms with van der Waals surface area (Å²) in [5.74, 6) is -0.204. The maximum absolute atomic E-state index is 11.6. The van der Waals surface area contributed by atoms with Crippen LogP contribution >= 0.6 is 0 Å². The fourth-order valence-corrected chi connectivity index (χ4v) is 2.56. The van der Waals surface area contributed by atoms with Crippen molar-refractivity contribution in [2.24, 2.45) is 0 Å². The van der Waals surface area contributed by atoms with Gasteiger partial charge in [-0.1, -0.05) is 0 Å².